The summed E-state index contributed by atoms with van der Waals surface area (Å²) in [6, 6.07) is 0. The number of rotatable bonds is 5. The first-order valence-corrected chi connectivity index (χ1v) is 6.13. The van der Waals surface area contributed by atoms with Gasteiger partial charge in [0.15, 0.2) is 0 Å². The molecule has 0 aromatic heterocycles. The summed E-state index contributed by atoms with van der Waals surface area (Å²) in [5, 5.41) is 12.6. The van der Waals surface area contributed by atoms with E-state index < -0.39 is 0 Å². The SMILES string of the molecule is COC(=O)C(Br)CNC1(CO)CCCC1. The summed E-state index contributed by atoms with van der Waals surface area (Å²) in [6.07, 6.45) is 4.23. The van der Waals surface area contributed by atoms with Crippen LogP contribution in [-0.4, -0.2) is 41.7 Å². The number of aliphatic hydroxyl groups is 1. The third-order valence-electron chi connectivity index (χ3n) is 2.98. The molecule has 0 spiro atoms. The Balaban J connectivity index is 2.37. The molecule has 1 fully saturated rings. The first kappa shape index (κ1) is 12.9. The molecule has 0 heterocycles. The third-order valence-corrected chi connectivity index (χ3v) is 3.67. The van der Waals surface area contributed by atoms with Gasteiger partial charge in [0.1, 0.15) is 4.83 Å². The van der Waals surface area contributed by atoms with Crippen molar-refractivity contribution < 1.29 is 14.6 Å². The van der Waals surface area contributed by atoms with Gasteiger partial charge in [-0.05, 0) is 12.8 Å². The van der Waals surface area contributed by atoms with E-state index in [4.69, 9.17) is 0 Å². The summed E-state index contributed by atoms with van der Waals surface area (Å²) in [7, 11) is 1.37. The van der Waals surface area contributed by atoms with Gasteiger partial charge in [-0.3, -0.25) is 4.79 Å². The summed E-state index contributed by atoms with van der Waals surface area (Å²) in [5.74, 6) is -0.284. The minimum absolute atomic E-state index is 0.133. The molecule has 88 valence electrons. The second-order valence-electron chi connectivity index (χ2n) is 4.02. The average molecular weight is 280 g/mol. The lowest BCUT2D eigenvalue weighted by Gasteiger charge is -2.28. The van der Waals surface area contributed by atoms with Crippen LogP contribution in [-0.2, 0) is 9.53 Å². The van der Waals surface area contributed by atoms with Crippen molar-refractivity contribution in [1.82, 2.24) is 5.32 Å². The summed E-state index contributed by atoms with van der Waals surface area (Å²) in [5.41, 5.74) is -0.181. The molecule has 5 heteroatoms. The van der Waals surface area contributed by atoms with Crippen molar-refractivity contribution in [3.05, 3.63) is 0 Å². The van der Waals surface area contributed by atoms with E-state index >= 15 is 0 Å². The van der Waals surface area contributed by atoms with Gasteiger partial charge < -0.3 is 15.2 Å². The summed E-state index contributed by atoms with van der Waals surface area (Å²) < 4.78 is 4.61. The lowest BCUT2D eigenvalue weighted by atomic mass is 9.99. The second-order valence-corrected chi connectivity index (χ2v) is 5.12. The van der Waals surface area contributed by atoms with Gasteiger partial charge in [-0.15, -0.1) is 0 Å². The Labute approximate surface area is 98.5 Å². The number of alkyl halides is 1. The number of methoxy groups -OCH3 is 1. The molecular weight excluding hydrogens is 262 g/mol. The Kier molecular flexibility index (Phi) is 5.02. The van der Waals surface area contributed by atoms with E-state index in [2.05, 4.69) is 26.0 Å². The minimum atomic E-state index is -0.341. The van der Waals surface area contributed by atoms with E-state index in [0.29, 0.717) is 6.54 Å². The highest BCUT2D eigenvalue weighted by Crippen LogP contribution is 2.29. The largest absolute Gasteiger partial charge is 0.468 e. The number of hydrogen-bond acceptors (Lipinski definition) is 4. The second kappa shape index (κ2) is 5.82. The maximum Gasteiger partial charge on any atom is 0.320 e. The van der Waals surface area contributed by atoms with Crippen molar-refractivity contribution in [2.45, 2.75) is 36.0 Å². The fourth-order valence-corrected chi connectivity index (χ4v) is 2.31. The van der Waals surface area contributed by atoms with Crippen molar-refractivity contribution in [2.75, 3.05) is 20.3 Å². The highest BCUT2D eigenvalue weighted by Gasteiger charge is 2.33. The zero-order valence-electron chi connectivity index (χ0n) is 8.96. The Morgan fingerprint density at radius 2 is 2.20 bits per heavy atom. The molecule has 1 saturated carbocycles. The topological polar surface area (TPSA) is 58.6 Å². The standard InChI is InChI=1S/C10H18BrNO3/c1-15-9(14)8(11)6-12-10(7-13)4-2-3-5-10/h8,12-13H,2-7H2,1H3. The van der Waals surface area contributed by atoms with Crippen LogP contribution in [0, 0.1) is 0 Å². The summed E-state index contributed by atoms with van der Waals surface area (Å²) in [4.78, 5) is 10.8. The number of ether oxygens (including phenoxy) is 1. The zero-order chi connectivity index (χ0) is 11.3. The van der Waals surface area contributed by atoms with Gasteiger partial charge in [-0.25, -0.2) is 0 Å². The van der Waals surface area contributed by atoms with Gasteiger partial charge in [0.2, 0.25) is 0 Å². The van der Waals surface area contributed by atoms with Crippen molar-refractivity contribution in [2.24, 2.45) is 0 Å². The number of esters is 1. The Bertz CT molecular complexity index is 217. The van der Waals surface area contributed by atoms with Crippen LogP contribution in [0.5, 0.6) is 0 Å². The molecule has 0 saturated heterocycles. The molecule has 1 aliphatic rings. The maximum atomic E-state index is 11.1. The summed E-state index contributed by atoms with van der Waals surface area (Å²) in [6.45, 7) is 0.626. The Hall–Kier alpha value is -0.130. The quantitative estimate of drug-likeness (QED) is 0.578. The number of carbonyl (C=O) groups is 1. The predicted molar refractivity (Wildman–Crippen MR) is 61.0 cm³/mol. The van der Waals surface area contributed by atoms with Gasteiger partial charge >= 0.3 is 5.97 Å². The Morgan fingerprint density at radius 3 is 2.67 bits per heavy atom. The number of hydrogen-bond donors (Lipinski definition) is 2. The van der Waals surface area contributed by atoms with Gasteiger partial charge in [-0.2, -0.15) is 0 Å². The molecule has 1 unspecified atom stereocenters. The molecule has 0 bridgehead atoms. The highest BCUT2D eigenvalue weighted by molar-refractivity contribution is 9.10. The monoisotopic (exact) mass is 279 g/mol. The van der Waals surface area contributed by atoms with Crippen LogP contribution in [0.2, 0.25) is 0 Å². The van der Waals surface area contributed by atoms with E-state index in [0.717, 1.165) is 25.7 Å². The van der Waals surface area contributed by atoms with E-state index in [1.807, 2.05) is 0 Å². The van der Waals surface area contributed by atoms with Crippen molar-refractivity contribution in [1.29, 1.82) is 0 Å². The molecule has 1 atom stereocenters. The van der Waals surface area contributed by atoms with E-state index in [-0.39, 0.29) is 22.9 Å². The number of nitrogens with one attached hydrogen (secondary N) is 1. The predicted octanol–water partition coefficient (Wildman–Crippen LogP) is 0.818. The molecule has 2 N–H and O–H groups in total. The number of halogens is 1. The maximum absolute atomic E-state index is 11.1. The zero-order valence-corrected chi connectivity index (χ0v) is 10.5. The van der Waals surface area contributed by atoms with Crippen LogP contribution in [0.3, 0.4) is 0 Å². The molecular formula is C10H18BrNO3. The molecule has 0 aromatic rings. The first-order chi connectivity index (χ1) is 7.13. The Morgan fingerprint density at radius 1 is 1.60 bits per heavy atom. The molecule has 1 aliphatic carbocycles. The summed E-state index contributed by atoms with van der Waals surface area (Å²) >= 11 is 3.25. The van der Waals surface area contributed by atoms with Crippen LogP contribution in [0.4, 0.5) is 0 Å². The molecule has 1 rings (SSSR count). The van der Waals surface area contributed by atoms with Gasteiger partial charge in [0.25, 0.3) is 0 Å². The first-order valence-electron chi connectivity index (χ1n) is 5.21. The number of carbonyl (C=O) groups excluding carboxylic acids is 1. The average Bonchev–Trinajstić information content (AvgIpc) is 2.74. The fourth-order valence-electron chi connectivity index (χ4n) is 1.96. The van der Waals surface area contributed by atoms with E-state index in [9.17, 15) is 9.90 Å². The van der Waals surface area contributed by atoms with Crippen LogP contribution >= 0.6 is 15.9 Å². The smallest absolute Gasteiger partial charge is 0.320 e. The van der Waals surface area contributed by atoms with Gasteiger partial charge in [-0.1, -0.05) is 28.8 Å². The number of aliphatic hydroxyl groups excluding tert-OH is 1. The van der Waals surface area contributed by atoms with Crippen molar-refractivity contribution in [3.63, 3.8) is 0 Å². The van der Waals surface area contributed by atoms with E-state index in [1.165, 1.54) is 7.11 Å². The molecule has 0 aliphatic heterocycles. The fraction of sp³-hybridized carbons (Fsp3) is 0.900. The van der Waals surface area contributed by atoms with Crippen LogP contribution in [0.25, 0.3) is 0 Å². The van der Waals surface area contributed by atoms with Gasteiger partial charge in [0.05, 0.1) is 13.7 Å². The molecule has 0 amide bonds. The molecule has 0 radical (unpaired) electrons. The minimum Gasteiger partial charge on any atom is -0.468 e. The lowest BCUT2D eigenvalue weighted by molar-refractivity contribution is -0.139. The van der Waals surface area contributed by atoms with Crippen molar-refractivity contribution in [3.8, 4) is 0 Å². The molecule has 0 aromatic carbocycles. The van der Waals surface area contributed by atoms with Gasteiger partial charge in [0, 0.05) is 12.1 Å². The van der Waals surface area contributed by atoms with Crippen molar-refractivity contribution >= 4 is 21.9 Å². The molecule has 4 nitrogen and oxygen atoms in total. The normalized spacial score (nSPS) is 21.3. The van der Waals surface area contributed by atoms with Crippen LogP contribution in [0.15, 0.2) is 0 Å². The lowest BCUT2D eigenvalue weighted by Crippen LogP contribution is -2.49. The van der Waals surface area contributed by atoms with Crippen LogP contribution < -0.4 is 5.32 Å². The third kappa shape index (κ3) is 3.43. The van der Waals surface area contributed by atoms with Crippen LogP contribution in [0.1, 0.15) is 25.7 Å². The highest BCUT2D eigenvalue weighted by atomic mass is 79.9. The van der Waals surface area contributed by atoms with E-state index in [1.54, 1.807) is 0 Å². The molecule has 15 heavy (non-hydrogen) atoms.